The van der Waals surface area contributed by atoms with Crippen molar-refractivity contribution in [1.29, 1.82) is 0 Å². The second-order valence-corrected chi connectivity index (χ2v) is 4.11. The number of ether oxygens (including phenoxy) is 1. The van der Waals surface area contributed by atoms with Crippen molar-refractivity contribution in [3.05, 3.63) is 41.7 Å². The van der Waals surface area contributed by atoms with E-state index in [-0.39, 0.29) is 5.82 Å². The molecule has 0 aliphatic rings. The van der Waals surface area contributed by atoms with Crippen LogP contribution in [0.2, 0.25) is 0 Å². The molecule has 0 saturated heterocycles. The molecule has 1 aromatic rings. The molecule has 1 nitrogen and oxygen atoms in total. The quantitative estimate of drug-likeness (QED) is 0.651. The van der Waals surface area contributed by atoms with E-state index in [0.29, 0.717) is 5.92 Å². The molecule has 0 heterocycles. The molecular weight excluding hydrogens is 215 g/mol. The molecule has 1 atom stereocenters. The summed E-state index contributed by atoms with van der Waals surface area (Å²) in [5.41, 5.74) is 0.968. The van der Waals surface area contributed by atoms with Gasteiger partial charge in [-0.1, -0.05) is 26.0 Å². The van der Waals surface area contributed by atoms with Gasteiger partial charge in [-0.2, -0.15) is 0 Å². The maximum atomic E-state index is 13.3. The zero-order chi connectivity index (χ0) is 12.7. The first-order valence-electron chi connectivity index (χ1n) is 6.21. The first-order valence-corrected chi connectivity index (χ1v) is 6.21. The molecule has 0 aromatic heterocycles. The smallest absolute Gasteiger partial charge is 0.123 e. The molecule has 1 unspecified atom stereocenters. The van der Waals surface area contributed by atoms with Crippen LogP contribution in [0.4, 0.5) is 4.39 Å². The SMILES string of the molecule is CC/C=C\CC(CC)c1cc(F)ccc1OC. The minimum Gasteiger partial charge on any atom is -0.496 e. The van der Waals surface area contributed by atoms with E-state index in [1.165, 1.54) is 6.07 Å². The van der Waals surface area contributed by atoms with Gasteiger partial charge in [0.2, 0.25) is 0 Å². The molecule has 1 rings (SSSR count). The third kappa shape index (κ3) is 3.88. The first kappa shape index (κ1) is 13.8. The van der Waals surface area contributed by atoms with Crippen molar-refractivity contribution in [2.45, 2.75) is 39.0 Å². The number of hydrogen-bond acceptors (Lipinski definition) is 1. The van der Waals surface area contributed by atoms with Gasteiger partial charge in [-0.3, -0.25) is 0 Å². The van der Waals surface area contributed by atoms with Crippen molar-refractivity contribution < 1.29 is 9.13 Å². The predicted octanol–water partition coefficient (Wildman–Crippen LogP) is 4.68. The van der Waals surface area contributed by atoms with E-state index >= 15 is 0 Å². The highest BCUT2D eigenvalue weighted by molar-refractivity contribution is 5.37. The largest absolute Gasteiger partial charge is 0.496 e. The minimum atomic E-state index is -0.196. The molecule has 1 aromatic carbocycles. The fourth-order valence-corrected chi connectivity index (χ4v) is 1.96. The van der Waals surface area contributed by atoms with Gasteiger partial charge in [-0.05, 0) is 43.4 Å². The van der Waals surface area contributed by atoms with Gasteiger partial charge in [-0.15, -0.1) is 0 Å². The second-order valence-electron chi connectivity index (χ2n) is 4.11. The Hall–Kier alpha value is -1.31. The van der Waals surface area contributed by atoms with Gasteiger partial charge in [0.1, 0.15) is 11.6 Å². The molecule has 0 aliphatic heterocycles. The fourth-order valence-electron chi connectivity index (χ4n) is 1.96. The zero-order valence-electron chi connectivity index (χ0n) is 10.9. The lowest BCUT2D eigenvalue weighted by Gasteiger charge is -2.17. The van der Waals surface area contributed by atoms with Crippen molar-refractivity contribution >= 4 is 0 Å². The van der Waals surface area contributed by atoms with Crippen LogP contribution in [0, 0.1) is 5.82 Å². The summed E-state index contributed by atoms with van der Waals surface area (Å²) in [6.45, 7) is 4.23. The summed E-state index contributed by atoms with van der Waals surface area (Å²) in [5, 5.41) is 0. The molecule has 0 aliphatic carbocycles. The topological polar surface area (TPSA) is 9.23 Å². The lowest BCUT2D eigenvalue weighted by molar-refractivity contribution is 0.403. The molecule has 0 radical (unpaired) electrons. The average Bonchev–Trinajstić information content (AvgIpc) is 2.35. The predicted molar refractivity (Wildman–Crippen MR) is 70.0 cm³/mol. The zero-order valence-corrected chi connectivity index (χ0v) is 10.9. The molecule has 17 heavy (non-hydrogen) atoms. The van der Waals surface area contributed by atoms with Crippen LogP contribution in [0.25, 0.3) is 0 Å². The normalized spacial score (nSPS) is 12.9. The Labute approximate surface area is 103 Å². The van der Waals surface area contributed by atoms with Gasteiger partial charge in [0.25, 0.3) is 0 Å². The highest BCUT2D eigenvalue weighted by atomic mass is 19.1. The van der Waals surface area contributed by atoms with Gasteiger partial charge in [0, 0.05) is 5.56 Å². The molecule has 0 spiro atoms. The van der Waals surface area contributed by atoms with E-state index in [1.807, 2.05) is 0 Å². The number of methoxy groups -OCH3 is 1. The van der Waals surface area contributed by atoms with Crippen molar-refractivity contribution in [2.75, 3.05) is 7.11 Å². The number of rotatable bonds is 6. The Kier molecular flexibility index (Phi) is 5.75. The summed E-state index contributed by atoms with van der Waals surface area (Å²) in [6.07, 6.45) is 7.27. The van der Waals surface area contributed by atoms with Crippen LogP contribution in [0.1, 0.15) is 44.6 Å². The van der Waals surface area contributed by atoms with E-state index in [0.717, 1.165) is 30.6 Å². The van der Waals surface area contributed by atoms with E-state index in [4.69, 9.17) is 4.74 Å². The van der Waals surface area contributed by atoms with Crippen LogP contribution >= 0.6 is 0 Å². The second kappa shape index (κ2) is 7.10. The van der Waals surface area contributed by atoms with E-state index in [1.54, 1.807) is 19.2 Å². The van der Waals surface area contributed by atoms with Gasteiger partial charge in [0.15, 0.2) is 0 Å². The Morgan fingerprint density at radius 2 is 2.06 bits per heavy atom. The van der Waals surface area contributed by atoms with Crippen LogP contribution in [-0.2, 0) is 0 Å². The summed E-state index contributed by atoms with van der Waals surface area (Å²) in [7, 11) is 1.63. The molecule has 0 N–H and O–H groups in total. The fraction of sp³-hybridized carbons (Fsp3) is 0.467. The number of hydrogen-bond donors (Lipinski definition) is 0. The Balaban J connectivity index is 2.93. The number of benzene rings is 1. The lowest BCUT2D eigenvalue weighted by Crippen LogP contribution is -2.00. The van der Waals surface area contributed by atoms with Crippen molar-refractivity contribution in [3.8, 4) is 5.75 Å². The Bertz CT molecular complexity index is 371. The van der Waals surface area contributed by atoms with Gasteiger partial charge in [0.05, 0.1) is 7.11 Å². The molecular formula is C15H21FO. The summed E-state index contributed by atoms with van der Waals surface area (Å²) in [5.74, 6) is 0.908. The highest BCUT2D eigenvalue weighted by Gasteiger charge is 2.14. The number of halogens is 1. The van der Waals surface area contributed by atoms with Crippen LogP contribution in [-0.4, -0.2) is 7.11 Å². The molecule has 2 heteroatoms. The minimum absolute atomic E-state index is 0.196. The standard InChI is InChI=1S/C15H21FO/c1-4-6-7-8-12(5-2)14-11-13(16)9-10-15(14)17-3/h6-7,9-12H,4-5,8H2,1-3H3/b7-6-. The highest BCUT2D eigenvalue weighted by Crippen LogP contribution is 2.32. The Morgan fingerprint density at radius 1 is 1.29 bits per heavy atom. The molecule has 0 saturated carbocycles. The van der Waals surface area contributed by atoms with E-state index < -0.39 is 0 Å². The van der Waals surface area contributed by atoms with E-state index in [9.17, 15) is 4.39 Å². The Morgan fingerprint density at radius 3 is 2.65 bits per heavy atom. The van der Waals surface area contributed by atoms with Gasteiger partial charge < -0.3 is 4.74 Å². The summed E-state index contributed by atoms with van der Waals surface area (Å²) < 4.78 is 18.6. The van der Waals surface area contributed by atoms with Crippen LogP contribution in [0.15, 0.2) is 30.4 Å². The molecule has 94 valence electrons. The van der Waals surface area contributed by atoms with Crippen molar-refractivity contribution in [2.24, 2.45) is 0 Å². The molecule has 0 amide bonds. The third-order valence-corrected chi connectivity index (χ3v) is 2.95. The van der Waals surface area contributed by atoms with Crippen LogP contribution in [0.5, 0.6) is 5.75 Å². The van der Waals surface area contributed by atoms with Gasteiger partial charge in [-0.25, -0.2) is 4.39 Å². The van der Waals surface area contributed by atoms with Gasteiger partial charge >= 0.3 is 0 Å². The van der Waals surface area contributed by atoms with Crippen LogP contribution < -0.4 is 4.74 Å². The van der Waals surface area contributed by atoms with Crippen molar-refractivity contribution in [1.82, 2.24) is 0 Å². The summed E-state index contributed by atoms with van der Waals surface area (Å²) in [4.78, 5) is 0. The average molecular weight is 236 g/mol. The third-order valence-electron chi connectivity index (χ3n) is 2.95. The lowest BCUT2D eigenvalue weighted by atomic mass is 9.92. The molecule has 0 fully saturated rings. The monoisotopic (exact) mass is 236 g/mol. The first-order chi connectivity index (χ1) is 8.22. The van der Waals surface area contributed by atoms with Crippen LogP contribution in [0.3, 0.4) is 0 Å². The maximum absolute atomic E-state index is 13.3. The maximum Gasteiger partial charge on any atom is 0.123 e. The van der Waals surface area contributed by atoms with Crippen molar-refractivity contribution in [3.63, 3.8) is 0 Å². The number of allylic oxidation sites excluding steroid dienone is 2. The molecule has 0 bridgehead atoms. The van der Waals surface area contributed by atoms with E-state index in [2.05, 4.69) is 26.0 Å². The summed E-state index contributed by atoms with van der Waals surface area (Å²) in [6, 6.07) is 4.74. The summed E-state index contributed by atoms with van der Waals surface area (Å²) >= 11 is 0.